The van der Waals surface area contributed by atoms with Crippen LogP contribution in [-0.4, -0.2) is 38.4 Å². The van der Waals surface area contributed by atoms with Crippen LogP contribution in [0.3, 0.4) is 0 Å². The van der Waals surface area contributed by atoms with Crippen LogP contribution in [0.4, 0.5) is 0 Å². The number of methoxy groups -OCH3 is 1. The Morgan fingerprint density at radius 3 is 2.32 bits per heavy atom. The molecule has 1 fully saturated rings. The van der Waals surface area contributed by atoms with Gasteiger partial charge in [0.2, 0.25) is 10.0 Å². The zero-order valence-electron chi connectivity index (χ0n) is 16.2. The lowest BCUT2D eigenvalue weighted by Gasteiger charge is -2.28. The molecule has 1 unspecified atom stereocenters. The first-order valence-electron chi connectivity index (χ1n) is 9.30. The molecule has 0 N–H and O–H groups in total. The van der Waals surface area contributed by atoms with Gasteiger partial charge in [-0.15, -0.1) is 0 Å². The molecule has 0 aliphatic heterocycles. The molecule has 0 bridgehead atoms. The topological polar surface area (TPSA) is 63.7 Å². The van der Waals surface area contributed by atoms with Crippen LogP contribution in [0.25, 0.3) is 0 Å². The van der Waals surface area contributed by atoms with Crippen molar-refractivity contribution in [2.75, 3.05) is 13.7 Å². The van der Waals surface area contributed by atoms with Crippen molar-refractivity contribution in [2.45, 2.75) is 37.1 Å². The highest BCUT2D eigenvalue weighted by Crippen LogP contribution is 2.29. The number of hydrogen-bond acceptors (Lipinski definition) is 4. The van der Waals surface area contributed by atoms with Gasteiger partial charge in [-0.3, -0.25) is 4.79 Å². The molecule has 148 valence electrons. The Kier molecular flexibility index (Phi) is 6.31. The summed E-state index contributed by atoms with van der Waals surface area (Å²) in [6, 6.07) is 15.1. The second-order valence-electron chi connectivity index (χ2n) is 6.98. The molecule has 0 aromatic heterocycles. The molecule has 1 aliphatic rings. The molecular formula is C22H25NO4S. The molecule has 2 aromatic rings. The molecular weight excluding hydrogens is 374 g/mol. The van der Waals surface area contributed by atoms with Gasteiger partial charge >= 0.3 is 5.97 Å². The highest BCUT2D eigenvalue weighted by molar-refractivity contribution is 7.89. The average molecular weight is 400 g/mol. The van der Waals surface area contributed by atoms with Gasteiger partial charge in [0.15, 0.2) is 0 Å². The molecule has 0 saturated heterocycles. The first-order valence-corrected chi connectivity index (χ1v) is 10.7. The summed E-state index contributed by atoms with van der Waals surface area (Å²) in [5.74, 6) is -0.561. The summed E-state index contributed by atoms with van der Waals surface area (Å²) in [4.78, 5) is 12.8. The number of rotatable bonds is 8. The minimum absolute atomic E-state index is 0.151. The van der Waals surface area contributed by atoms with Crippen LogP contribution in [0.2, 0.25) is 0 Å². The van der Waals surface area contributed by atoms with Crippen LogP contribution in [0, 0.1) is 6.92 Å². The summed E-state index contributed by atoms with van der Waals surface area (Å²) >= 11 is 0. The summed E-state index contributed by atoms with van der Waals surface area (Å²) in [6.45, 7) is 2.05. The van der Waals surface area contributed by atoms with E-state index in [9.17, 15) is 13.2 Å². The minimum Gasteiger partial charge on any atom is -0.468 e. The van der Waals surface area contributed by atoms with Gasteiger partial charge in [0.25, 0.3) is 0 Å². The normalized spacial score (nSPS) is 14.6. The smallest absolute Gasteiger partial charge is 0.324 e. The van der Waals surface area contributed by atoms with Crippen molar-refractivity contribution in [1.29, 1.82) is 0 Å². The van der Waals surface area contributed by atoms with E-state index in [1.807, 2.05) is 43.3 Å². The van der Waals surface area contributed by atoms with Gasteiger partial charge in [0, 0.05) is 6.54 Å². The van der Waals surface area contributed by atoms with Crippen molar-refractivity contribution >= 4 is 16.0 Å². The lowest BCUT2D eigenvalue weighted by Crippen LogP contribution is -2.47. The largest absolute Gasteiger partial charge is 0.468 e. The molecule has 0 amide bonds. The number of hydrogen-bond donors (Lipinski definition) is 0. The number of aryl methyl sites for hydroxylation is 1. The maximum atomic E-state index is 13.4. The zero-order chi connectivity index (χ0) is 20.1. The molecule has 1 saturated carbocycles. The average Bonchev–Trinajstić information content (AvgIpc) is 3.52. The van der Waals surface area contributed by atoms with E-state index in [4.69, 9.17) is 4.74 Å². The molecule has 0 radical (unpaired) electrons. The van der Waals surface area contributed by atoms with Crippen molar-refractivity contribution < 1.29 is 17.9 Å². The third-order valence-electron chi connectivity index (χ3n) is 4.82. The van der Waals surface area contributed by atoms with Crippen molar-refractivity contribution in [3.05, 3.63) is 77.4 Å². The van der Waals surface area contributed by atoms with Gasteiger partial charge in [-0.25, -0.2) is 8.42 Å². The first kappa shape index (κ1) is 20.3. The van der Waals surface area contributed by atoms with Crippen LogP contribution in [0.15, 0.2) is 71.1 Å². The summed E-state index contributed by atoms with van der Waals surface area (Å²) in [5, 5.41) is 0. The molecule has 2 aromatic carbocycles. The summed E-state index contributed by atoms with van der Waals surface area (Å²) in [7, 11) is -2.58. The SMILES string of the molecule is COC(=O)C(Cc1ccccc1)N(CC=C1CC1)S(=O)(=O)c1ccc(C)cc1. The van der Waals surface area contributed by atoms with E-state index in [0.717, 1.165) is 24.0 Å². The second kappa shape index (κ2) is 8.71. The Balaban J connectivity index is 2.00. The Bertz CT molecular complexity index is 944. The fraction of sp³-hybridized carbons (Fsp3) is 0.318. The van der Waals surface area contributed by atoms with Crippen molar-refractivity contribution in [1.82, 2.24) is 4.31 Å². The number of nitrogens with zero attached hydrogens (tertiary/aromatic N) is 1. The van der Waals surface area contributed by atoms with E-state index >= 15 is 0 Å². The van der Waals surface area contributed by atoms with Crippen LogP contribution in [-0.2, 0) is 26.0 Å². The van der Waals surface area contributed by atoms with Crippen molar-refractivity contribution in [2.24, 2.45) is 0 Å². The Labute approximate surface area is 166 Å². The molecule has 1 aliphatic carbocycles. The third-order valence-corrected chi connectivity index (χ3v) is 6.71. The summed E-state index contributed by atoms with van der Waals surface area (Å²) < 4.78 is 33.1. The van der Waals surface area contributed by atoms with E-state index in [1.165, 1.54) is 17.0 Å². The number of sulfonamides is 1. The van der Waals surface area contributed by atoms with Crippen LogP contribution < -0.4 is 0 Å². The second-order valence-corrected chi connectivity index (χ2v) is 8.87. The van der Waals surface area contributed by atoms with E-state index in [1.54, 1.807) is 24.3 Å². The predicted octanol–water partition coefficient (Wildman–Crippen LogP) is 3.49. The van der Waals surface area contributed by atoms with Gasteiger partial charge in [-0.05, 0) is 43.9 Å². The van der Waals surface area contributed by atoms with E-state index in [-0.39, 0.29) is 17.9 Å². The van der Waals surface area contributed by atoms with Gasteiger partial charge in [-0.1, -0.05) is 59.7 Å². The maximum absolute atomic E-state index is 13.4. The molecule has 5 nitrogen and oxygen atoms in total. The number of benzene rings is 2. The molecule has 1 atom stereocenters. The van der Waals surface area contributed by atoms with Crippen LogP contribution in [0.1, 0.15) is 24.0 Å². The van der Waals surface area contributed by atoms with E-state index in [0.29, 0.717) is 0 Å². The fourth-order valence-corrected chi connectivity index (χ4v) is 4.53. The molecule has 0 spiro atoms. The molecule has 28 heavy (non-hydrogen) atoms. The highest BCUT2D eigenvalue weighted by atomic mass is 32.2. The number of esters is 1. The van der Waals surface area contributed by atoms with Gasteiger partial charge in [-0.2, -0.15) is 4.31 Å². The van der Waals surface area contributed by atoms with Crippen LogP contribution >= 0.6 is 0 Å². The number of allylic oxidation sites excluding steroid dienone is 1. The Hall–Kier alpha value is -2.44. The number of carbonyl (C=O) groups excluding carboxylic acids is 1. The quantitative estimate of drug-likeness (QED) is 0.504. The minimum atomic E-state index is -3.87. The summed E-state index contributed by atoms with van der Waals surface area (Å²) in [5.41, 5.74) is 3.06. The Morgan fingerprint density at radius 2 is 1.75 bits per heavy atom. The molecule has 6 heteroatoms. The highest BCUT2D eigenvalue weighted by Gasteiger charge is 2.36. The van der Waals surface area contributed by atoms with Crippen molar-refractivity contribution in [3.63, 3.8) is 0 Å². The van der Waals surface area contributed by atoms with Gasteiger partial charge in [0.1, 0.15) is 6.04 Å². The summed E-state index contributed by atoms with van der Waals surface area (Å²) in [6.07, 6.45) is 4.13. The maximum Gasteiger partial charge on any atom is 0.324 e. The van der Waals surface area contributed by atoms with E-state index < -0.39 is 22.0 Å². The zero-order valence-corrected chi connectivity index (χ0v) is 17.0. The lowest BCUT2D eigenvalue weighted by molar-refractivity contribution is -0.145. The first-order chi connectivity index (χ1) is 13.4. The standard InChI is InChI=1S/C22H25NO4S/c1-17-8-12-20(13-9-17)28(25,26)23(15-14-18-10-11-18)21(22(24)27-2)16-19-6-4-3-5-7-19/h3-9,12-14,21H,10-11,15-16H2,1-2H3. The van der Waals surface area contributed by atoms with Crippen LogP contribution in [0.5, 0.6) is 0 Å². The predicted molar refractivity (Wildman–Crippen MR) is 108 cm³/mol. The monoisotopic (exact) mass is 399 g/mol. The molecule has 0 heterocycles. The Morgan fingerprint density at radius 1 is 1.11 bits per heavy atom. The fourth-order valence-electron chi connectivity index (χ4n) is 3.01. The van der Waals surface area contributed by atoms with Gasteiger partial charge in [0.05, 0.1) is 12.0 Å². The lowest BCUT2D eigenvalue weighted by atomic mass is 10.1. The molecule has 3 rings (SSSR count). The number of carbonyl (C=O) groups is 1. The van der Waals surface area contributed by atoms with Gasteiger partial charge < -0.3 is 4.74 Å². The third kappa shape index (κ3) is 4.88. The van der Waals surface area contributed by atoms with Crippen molar-refractivity contribution in [3.8, 4) is 0 Å². The van der Waals surface area contributed by atoms with E-state index in [2.05, 4.69) is 0 Å². The number of ether oxygens (including phenoxy) is 1.